The summed E-state index contributed by atoms with van der Waals surface area (Å²) >= 11 is 0. The highest BCUT2D eigenvalue weighted by Crippen LogP contribution is 2.17. The molecule has 1 rings (SSSR count). The van der Waals surface area contributed by atoms with Crippen molar-refractivity contribution in [2.24, 2.45) is 5.73 Å². The van der Waals surface area contributed by atoms with Gasteiger partial charge in [0.15, 0.2) is 0 Å². The molecule has 1 aromatic carbocycles. The van der Waals surface area contributed by atoms with Gasteiger partial charge < -0.3 is 10.5 Å². The molecule has 20 heavy (non-hydrogen) atoms. The Hall–Kier alpha value is -2.10. The third-order valence-corrected chi connectivity index (χ3v) is 2.58. The van der Waals surface area contributed by atoms with Crippen molar-refractivity contribution in [1.82, 2.24) is 0 Å². The van der Waals surface area contributed by atoms with E-state index < -0.39 is 5.60 Å². The molecule has 0 spiro atoms. The van der Waals surface area contributed by atoms with Gasteiger partial charge in [-0.05, 0) is 33.3 Å². The molecule has 0 fully saturated rings. The number of hydrogen-bond donors (Lipinski definition) is 2. The van der Waals surface area contributed by atoms with Gasteiger partial charge in [-0.15, -0.1) is 0 Å². The van der Waals surface area contributed by atoms with Crippen LogP contribution in [0.3, 0.4) is 0 Å². The van der Waals surface area contributed by atoms with Crippen LogP contribution in [0.15, 0.2) is 41.6 Å². The lowest BCUT2D eigenvalue weighted by Crippen LogP contribution is -2.25. The summed E-state index contributed by atoms with van der Waals surface area (Å²) in [6, 6.07) is 9.21. The summed E-state index contributed by atoms with van der Waals surface area (Å²) in [7, 11) is 0. The lowest BCUT2D eigenvalue weighted by molar-refractivity contribution is -0.153. The first-order valence-corrected chi connectivity index (χ1v) is 6.52. The molecule has 4 nitrogen and oxygen atoms in total. The number of allylic oxidation sites excluding steroid dienone is 1. The van der Waals surface area contributed by atoms with Crippen LogP contribution >= 0.6 is 0 Å². The van der Waals surface area contributed by atoms with Crippen molar-refractivity contribution < 1.29 is 9.53 Å². The second-order valence-electron chi connectivity index (χ2n) is 5.67. The molecule has 108 valence electrons. The van der Waals surface area contributed by atoms with Gasteiger partial charge in [-0.3, -0.25) is 10.2 Å². The molecule has 0 amide bonds. The summed E-state index contributed by atoms with van der Waals surface area (Å²) < 4.78 is 5.28. The highest BCUT2D eigenvalue weighted by Gasteiger charge is 2.20. The largest absolute Gasteiger partial charge is 0.460 e. The summed E-state index contributed by atoms with van der Waals surface area (Å²) in [4.78, 5) is 11.9. The van der Waals surface area contributed by atoms with Gasteiger partial charge in [0.2, 0.25) is 0 Å². The van der Waals surface area contributed by atoms with Crippen LogP contribution in [0.5, 0.6) is 0 Å². The van der Waals surface area contributed by atoms with Crippen molar-refractivity contribution in [3.05, 3.63) is 47.2 Å². The average molecular weight is 274 g/mol. The van der Waals surface area contributed by atoms with Crippen LogP contribution in [0.25, 0.3) is 0 Å². The zero-order chi connectivity index (χ0) is 15.3. The monoisotopic (exact) mass is 274 g/mol. The second kappa shape index (κ2) is 6.37. The molecule has 0 aliphatic heterocycles. The molecular formula is C16H22N2O2. The second-order valence-corrected chi connectivity index (χ2v) is 5.67. The first kappa shape index (κ1) is 16.0. The molecule has 0 bridgehead atoms. The quantitative estimate of drug-likeness (QED) is 0.654. The predicted octanol–water partition coefficient (Wildman–Crippen LogP) is 3.02. The number of nitrogens with two attached hydrogens (primary N) is 1. The van der Waals surface area contributed by atoms with E-state index in [1.54, 1.807) is 6.92 Å². The summed E-state index contributed by atoms with van der Waals surface area (Å²) in [6.45, 7) is 7.13. The molecule has 4 heteroatoms. The van der Waals surface area contributed by atoms with Crippen molar-refractivity contribution in [2.75, 3.05) is 0 Å². The van der Waals surface area contributed by atoms with Crippen molar-refractivity contribution in [3.8, 4) is 0 Å². The maximum atomic E-state index is 11.9. The van der Waals surface area contributed by atoms with Gasteiger partial charge in [0, 0.05) is 11.3 Å². The molecule has 0 radical (unpaired) electrons. The van der Waals surface area contributed by atoms with E-state index in [1.807, 2.05) is 51.1 Å². The first-order chi connectivity index (χ1) is 9.20. The van der Waals surface area contributed by atoms with E-state index in [4.69, 9.17) is 15.9 Å². The van der Waals surface area contributed by atoms with E-state index >= 15 is 0 Å². The van der Waals surface area contributed by atoms with E-state index in [0.717, 1.165) is 5.56 Å². The number of ether oxygens (including phenoxy) is 1. The van der Waals surface area contributed by atoms with Gasteiger partial charge >= 0.3 is 5.97 Å². The third kappa shape index (κ3) is 4.88. The van der Waals surface area contributed by atoms with E-state index in [9.17, 15) is 4.79 Å². The smallest absolute Gasteiger partial charge is 0.310 e. The number of benzene rings is 1. The van der Waals surface area contributed by atoms with Gasteiger partial charge in [0.1, 0.15) is 5.60 Å². The fraction of sp³-hybridized carbons (Fsp3) is 0.375. The molecule has 0 heterocycles. The molecule has 0 atom stereocenters. The minimum absolute atomic E-state index is 0.00727. The van der Waals surface area contributed by atoms with Crippen LogP contribution in [0.4, 0.5) is 0 Å². The summed E-state index contributed by atoms with van der Waals surface area (Å²) in [5.74, 6) is -0.377. The highest BCUT2D eigenvalue weighted by molar-refractivity contribution is 6.12. The summed E-state index contributed by atoms with van der Waals surface area (Å²) in [5, 5.41) is 8.20. The Labute approximate surface area is 120 Å². The summed E-state index contributed by atoms with van der Waals surface area (Å²) in [6.07, 6.45) is 0.00727. The number of carbonyl (C=O) groups is 1. The Morgan fingerprint density at radius 1 is 1.25 bits per heavy atom. The van der Waals surface area contributed by atoms with Crippen molar-refractivity contribution in [2.45, 2.75) is 39.7 Å². The van der Waals surface area contributed by atoms with Crippen molar-refractivity contribution in [1.29, 1.82) is 5.41 Å². The Balaban J connectivity index is 2.90. The van der Waals surface area contributed by atoms with Crippen molar-refractivity contribution >= 4 is 11.7 Å². The number of hydrogen-bond acceptors (Lipinski definition) is 4. The van der Waals surface area contributed by atoms with Gasteiger partial charge in [0.25, 0.3) is 0 Å². The van der Waals surface area contributed by atoms with Crippen LogP contribution in [0.2, 0.25) is 0 Å². The molecular weight excluding hydrogens is 252 g/mol. The average Bonchev–Trinajstić information content (AvgIpc) is 2.34. The number of nitrogens with one attached hydrogen (secondary N) is 1. The van der Waals surface area contributed by atoms with Gasteiger partial charge in [-0.2, -0.15) is 0 Å². The topological polar surface area (TPSA) is 76.2 Å². The minimum atomic E-state index is -0.542. The van der Waals surface area contributed by atoms with Crippen LogP contribution in [0, 0.1) is 5.41 Å². The molecule has 0 aromatic heterocycles. The van der Waals surface area contributed by atoms with Gasteiger partial charge in [0.05, 0.1) is 12.1 Å². The Morgan fingerprint density at radius 2 is 1.80 bits per heavy atom. The Morgan fingerprint density at radius 3 is 2.25 bits per heavy atom. The molecule has 0 aliphatic carbocycles. The first-order valence-electron chi connectivity index (χ1n) is 6.52. The Kier molecular flexibility index (Phi) is 5.08. The van der Waals surface area contributed by atoms with E-state index in [-0.39, 0.29) is 18.1 Å². The van der Waals surface area contributed by atoms with Crippen LogP contribution < -0.4 is 5.73 Å². The molecule has 0 aliphatic rings. The molecule has 0 saturated heterocycles. The molecule has 0 saturated carbocycles. The SMILES string of the molecule is C/C(N)=C(\CC(=O)OC(C)(C)C)C(=N)c1ccccc1. The fourth-order valence-corrected chi connectivity index (χ4v) is 1.73. The van der Waals surface area contributed by atoms with E-state index in [0.29, 0.717) is 11.3 Å². The zero-order valence-electron chi connectivity index (χ0n) is 12.5. The van der Waals surface area contributed by atoms with E-state index in [2.05, 4.69) is 0 Å². The normalized spacial score (nSPS) is 12.6. The number of carbonyl (C=O) groups excluding carboxylic acids is 1. The minimum Gasteiger partial charge on any atom is -0.460 e. The lowest BCUT2D eigenvalue weighted by atomic mass is 9.98. The zero-order valence-corrected chi connectivity index (χ0v) is 12.5. The van der Waals surface area contributed by atoms with Crippen molar-refractivity contribution in [3.63, 3.8) is 0 Å². The summed E-state index contributed by atoms with van der Waals surface area (Å²) in [5.41, 5.74) is 7.24. The predicted molar refractivity (Wildman–Crippen MR) is 80.6 cm³/mol. The maximum absolute atomic E-state index is 11.9. The molecule has 3 N–H and O–H groups in total. The Bertz CT molecular complexity index is 521. The fourth-order valence-electron chi connectivity index (χ4n) is 1.73. The number of esters is 1. The van der Waals surface area contributed by atoms with Gasteiger partial charge in [-0.25, -0.2) is 0 Å². The lowest BCUT2D eigenvalue weighted by Gasteiger charge is -2.20. The maximum Gasteiger partial charge on any atom is 0.310 e. The molecule has 0 unspecified atom stereocenters. The third-order valence-electron chi connectivity index (χ3n) is 2.58. The van der Waals surface area contributed by atoms with Gasteiger partial charge in [-0.1, -0.05) is 30.3 Å². The van der Waals surface area contributed by atoms with E-state index in [1.165, 1.54) is 0 Å². The van der Waals surface area contributed by atoms with Crippen LogP contribution in [-0.2, 0) is 9.53 Å². The standard InChI is InChI=1S/C16H22N2O2/c1-11(17)13(10-14(19)20-16(2,3)4)15(18)12-8-6-5-7-9-12/h5-9,18H,10,17H2,1-4H3/b13-11-,18-15?. The molecule has 1 aromatic rings. The highest BCUT2D eigenvalue weighted by atomic mass is 16.6. The van der Waals surface area contributed by atoms with Crippen LogP contribution in [0.1, 0.15) is 39.7 Å². The number of rotatable bonds is 4. The van der Waals surface area contributed by atoms with Crippen LogP contribution in [-0.4, -0.2) is 17.3 Å².